The van der Waals surface area contributed by atoms with Crippen molar-refractivity contribution in [1.29, 1.82) is 0 Å². The number of hydrogen-bond acceptors (Lipinski definition) is 3. The van der Waals surface area contributed by atoms with Crippen LogP contribution in [-0.2, 0) is 0 Å². The molecule has 100 valence electrons. The minimum atomic E-state index is 0.772. The Hall–Kier alpha value is -0.120. The zero-order valence-corrected chi connectivity index (χ0v) is 11.6. The predicted molar refractivity (Wildman–Crippen MR) is 73.4 cm³/mol. The van der Waals surface area contributed by atoms with Crippen molar-refractivity contribution in [2.75, 3.05) is 46.8 Å². The van der Waals surface area contributed by atoms with Gasteiger partial charge in [-0.1, -0.05) is 19.3 Å². The van der Waals surface area contributed by atoms with Crippen molar-refractivity contribution in [2.24, 2.45) is 5.92 Å². The largest absolute Gasteiger partial charge is 0.314 e. The number of piperazine rings is 1. The van der Waals surface area contributed by atoms with Gasteiger partial charge in [-0.15, -0.1) is 0 Å². The average molecular weight is 239 g/mol. The van der Waals surface area contributed by atoms with Crippen LogP contribution in [0.3, 0.4) is 0 Å². The molecule has 0 radical (unpaired) electrons. The number of nitrogens with zero attached hydrogens (tertiary/aromatic N) is 2. The second-order valence-electron chi connectivity index (χ2n) is 5.98. The molecule has 3 heteroatoms. The fourth-order valence-electron chi connectivity index (χ4n) is 3.41. The Morgan fingerprint density at radius 1 is 1.12 bits per heavy atom. The van der Waals surface area contributed by atoms with E-state index >= 15 is 0 Å². The third-order valence-electron chi connectivity index (χ3n) is 4.51. The highest BCUT2D eigenvalue weighted by atomic mass is 15.2. The zero-order valence-electron chi connectivity index (χ0n) is 11.6. The zero-order chi connectivity index (χ0) is 12.1. The van der Waals surface area contributed by atoms with E-state index in [0.717, 1.165) is 12.0 Å². The molecule has 2 fully saturated rings. The lowest BCUT2D eigenvalue weighted by atomic mass is 9.83. The van der Waals surface area contributed by atoms with E-state index in [1.54, 1.807) is 0 Å². The molecule has 17 heavy (non-hydrogen) atoms. The summed E-state index contributed by atoms with van der Waals surface area (Å²) in [6.45, 7) is 6.09. The molecule has 0 aromatic heterocycles. The molecule has 1 aliphatic carbocycles. The van der Waals surface area contributed by atoms with Gasteiger partial charge in [0.05, 0.1) is 0 Å². The van der Waals surface area contributed by atoms with Crippen molar-refractivity contribution < 1.29 is 0 Å². The van der Waals surface area contributed by atoms with Gasteiger partial charge < -0.3 is 10.2 Å². The van der Waals surface area contributed by atoms with Crippen molar-refractivity contribution >= 4 is 0 Å². The van der Waals surface area contributed by atoms with Crippen LogP contribution in [0.4, 0.5) is 0 Å². The van der Waals surface area contributed by atoms with Gasteiger partial charge >= 0.3 is 0 Å². The maximum atomic E-state index is 3.44. The summed E-state index contributed by atoms with van der Waals surface area (Å²) in [5, 5.41) is 3.44. The lowest BCUT2D eigenvalue weighted by molar-refractivity contribution is 0.109. The molecule has 0 spiro atoms. The average Bonchev–Trinajstić information content (AvgIpc) is 2.38. The summed E-state index contributed by atoms with van der Waals surface area (Å²) >= 11 is 0. The molecule has 0 bridgehead atoms. The fourth-order valence-corrected chi connectivity index (χ4v) is 3.41. The highest BCUT2D eigenvalue weighted by Crippen LogP contribution is 2.28. The molecule has 0 amide bonds. The van der Waals surface area contributed by atoms with Crippen LogP contribution < -0.4 is 5.32 Å². The number of hydrogen-bond donors (Lipinski definition) is 1. The van der Waals surface area contributed by atoms with E-state index in [9.17, 15) is 0 Å². The van der Waals surface area contributed by atoms with Crippen LogP contribution in [0.15, 0.2) is 0 Å². The van der Waals surface area contributed by atoms with E-state index in [1.165, 1.54) is 64.8 Å². The normalized spacial score (nSPS) is 26.3. The number of rotatable bonds is 4. The minimum absolute atomic E-state index is 0.772. The van der Waals surface area contributed by atoms with Gasteiger partial charge in [0.1, 0.15) is 0 Å². The highest BCUT2D eigenvalue weighted by Gasteiger charge is 2.27. The van der Waals surface area contributed by atoms with Crippen LogP contribution in [0, 0.1) is 5.92 Å². The Morgan fingerprint density at radius 3 is 2.35 bits per heavy atom. The van der Waals surface area contributed by atoms with Gasteiger partial charge in [-0.25, -0.2) is 0 Å². The molecule has 1 saturated heterocycles. The summed E-state index contributed by atoms with van der Waals surface area (Å²) in [4.78, 5) is 5.12. The Morgan fingerprint density at radius 2 is 1.76 bits per heavy atom. The van der Waals surface area contributed by atoms with Gasteiger partial charge in [0.25, 0.3) is 0 Å². The molecular formula is C14H29N3. The topological polar surface area (TPSA) is 18.5 Å². The second-order valence-corrected chi connectivity index (χ2v) is 5.98. The van der Waals surface area contributed by atoms with Crippen LogP contribution >= 0.6 is 0 Å². The molecule has 1 N–H and O–H groups in total. The van der Waals surface area contributed by atoms with Crippen LogP contribution in [0.2, 0.25) is 0 Å². The molecule has 1 saturated carbocycles. The van der Waals surface area contributed by atoms with E-state index in [1.807, 2.05) is 0 Å². The third-order valence-corrected chi connectivity index (χ3v) is 4.51. The summed E-state index contributed by atoms with van der Waals surface area (Å²) in [7, 11) is 4.53. The van der Waals surface area contributed by atoms with E-state index in [0.29, 0.717) is 0 Å². The van der Waals surface area contributed by atoms with Gasteiger partial charge in [0, 0.05) is 38.8 Å². The molecule has 2 aliphatic rings. The Kier molecular flexibility index (Phi) is 5.26. The first-order chi connectivity index (χ1) is 8.27. The quantitative estimate of drug-likeness (QED) is 0.800. The molecule has 1 heterocycles. The van der Waals surface area contributed by atoms with Crippen LogP contribution in [0.25, 0.3) is 0 Å². The maximum absolute atomic E-state index is 3.44. The molecular weight excluding hydrogens is 210 g/mol. The maximum Gasteiger partial charge on any atom is 0.0245 e. The summed E-state index contributed by atoms with van der Waals surface area (Å²) in [5.74, 6) is 0.939. The van der Waals surface area contributed by atoms with E-state index in [2.05, 4.69) is 29.2 Å². The molecule has 1 unspecified atom stereocenters. The summed E-state index contributed by atoms with van der Waals surface area (Å²) in [6, 6.07) is 0.772. The first-order valence-electron chi connectivity index (χ1n) is 7.37. The van der Waals surface area contributed by atoms with Crippen LogP contribution in [0.5, 0.6) is 0 Å². The SMILES string of the molecule is CN(C)C(CN1CCNCC1)C1CCCCC1. The summed E-state index contributed by atoms with van der Waals surface area (Å²) in [5.41, 5.74) is 0. The van der Waals surface area contributed by atoms with Gasteiger partial charge in [-0.2, -0.15) is 0 Å². The Balaban J connectivity index is 1.86. The van der Waals surface area contributed by atoms with Gasteiger partial charge in [0.15, 0.2) is 0 Å². The van der Waals surface area contributed by atoms with Gasteiger partial charge in [-0.05, 0) is 32.9 Å². The molecule has 1 aliphatic heterocycles. The molecule has 2 rings (SSSR count). The molecule has 3 nitrogen and oxygen atoms in total. The van der Waals surface area contributed by atoms with Crippen molar-refractivity contribution in [2.45, 2.75) is 38.1 Å². The Labute approximate surface area is 107 Å². The molecule has 0 aromatic carbocycles. The van der Waals surface area contributed by atoms with Crippen molar-refractivity contribution in [3.8, 4) is 0 Å². The Bertz CT molecular complexity index is 206. The van der Waals surface area contributed by atoms with Gasteiger partial charge in [0.2, 0.25) is 0 Å². The van der Waals surface area contributed by atoms with Crippen LogP contribution in [-0.4, -0.2) is 62.7 Å². The standard InChI is InChI=1S/C14H29N3/c1-16(2)14(13-6-4-3-5-7-13)12-17-10-8-15-9-11-17/h13-15H,3-12H2,1-2H3. The summed E-state index contributed by atoms with van der Waals surface area (Å²) in [6.07, 6.45) is 7.28. The predicted octanol–water partition coefficient (Wildman–Crippen LogP) is 1.40. The third kappa shape index (κ3) is 3.94. The molecule has 0 aromatic rings. The summed E-state index contributed by atoms with van der Waals surface area (Å²) < 4.78 is 0. The monoisotopic (exact) mass is 239 g/mol. The minimum Gasteiger partial charge on any atom is -0.314 e. The van der Waals surface area contributed by atoms with Crippen molar-refractivity contribution in [3.63, 3.8) is 0 Å². The lowest BCUT2D eigenvalue weighted by Crippen LogP contribution is -2.51. The van der Waals surface area contributed by atoms with E-state index in [4.69, 9.17) is 0 Å². The van der Waals surface area contributed by atoms with Crippen molar-refractivity contribution in [3.05, 3.63) is 0 Å². The fraction of sp³-hybridized carbons (Fsp3) is 1.00. The second kappa shape index (κ2) is 6.72. The number of likely N-dealkylation sites (N-methyl/N-ethyl adjacent to an activating group) is 1. The van der Waals surface area contributed by atoms with Crippen LogP contribution in [0.1, 0.15) is 32.1 Å². The van der Waals surface area contributed by atoms with E-state index in [-0.39, 0.29) is 0 Å². The van der Waals surface area contributed by atoms with Crippen molar-refractivity contribution in [1.82, 2.24) is 15.1 Å². The first kappa shape index (κ1) is 13.3. The van der Waals surface area contributed by atoms with Gasteiger partial charge in [-0.3, -0.25) is 4.90 Å². The van der Waals surface area contributed by atoms with E-state index < -0.39 is 0 Å². The number of nitrogens with one attached hydrogen (secondary N) is 1. The molecule has 1 atom stereocenters. The smallest absolute Gasteiger partial charge is 0.0245 e. The first-order valence-corrected chi connectivity index (χ1v) is 7.37. The lowest BCUT2D eigenvalue weighted by Gasteiger charge is -2.39. The highest BCUT2D eigenvalue weighted by molar-refractivity contribution is 4.83.